The summed E-state index contributed by atoms with van der Waals surface area (Å²) < 4.78 is 18.8. The normalized spacial score (nSPS) is 20.4. The minimum absolute atomic E-state index is 0.00944. The molecular weight excluding hydrogens is 1510 g/mol. The molecule has 9 aromatic rings. The van der Waals surface area contributed by atoms with E-state index in [2.05, 4.69) is 176 Å². The summed E-state index contributed by atoms with van der Waals surface area (Å²) in [6.07, 6.45) is 15.9. The lowest BCUT2D eigenvalue weighted by Crippen LogP contribution is -2.54. The first-order valence-electron chi connectivity index (χ1n) is 43.3. The number of phenols is 1. The zero-order chi connectivity index (χ0) is 82.9. The Balaban J connectivity index is 0.000000134. The van der Waals surface area contributed by atoms with Gasteiger partial charge in [0.2, 0.25) is 17.7 Å². The average Bonchev–Trinajstić information content (AvgIpc) is 0.944. The highest BCUT2D eigenvalue weighted by atomic mass is 16.5. The van der Waals surface area contributed by atoms with Crippen molar-refractivity contribution in [3.05, 3.63) is 193 Å². The van der Waals surface area contributed by atoms with Crippen molar-refractivity contribution in [2.45, 2.75) is 109 Å². The molecule has 9 aliphatic rings. The summed E-state index contributed by atoms with van der Waals surface area (Å²) in [6, 6.07) is 44.5. The molecular formula is C94H117N19O7. The third kappa shape index (κ3) is 18.7. The predicted octanol–water partition coefficient (Wildman–Crippen LogP) is 10.5. The molecule has 1 N–H and O–H groups in total. The zero-order valence-electron chi connectivity index (χ0n) is 70.8. The molecule has 4 atom stereocenters. The van der Waals surface area contributed by atoms with Gasteiger partial charge >= 0.3 is 18.0 Å². The number of phenolic OH excluding ortho intramolecular Hbond substituents is 1. The van der Waals surface area contributed by atoms with Gasteiger partial charge in [0.25, 0.3) is 0 Å². The van der Waals surface area contributed by atoms with Crippen molar-refractivity contribution < 1.29 is 33.7 Å². The number of aromatic hydroxyl groups is 1. The minimum Gasteiger partial charge on any atom is -0.508 e. The third-order valence-electron chi connectivity index (χ3n) is 25.7. The summed E-state index contributed by atoms with van der Waals surface area (Å²) in [6.45, 7) is 27.5. The molecule has 26 nitrogen and oxygen atoms in total. The quantitative estimate of drug-likeness (QED) is 0.0701. The van der Waals surface area contributed by atoms with Crippen LogP contribution >= 0.6 is 0 Å². The van der Waals surface area contributed by atoms with Crippen LogP contribution in [0.15, 0.2) is 159 Å². The van der Waals surface area contributed by atoms with Crippen LogP contribution in [0.3, 0.4) is 0 Å². The second kappa shape index (κ2) is 37.6. The number of likely N-dealkylation sites (tertiary alicyclic amines) is 3. The van der Waals surface area contributed by atoms with Gasteiger partial charge in [0.05, 0.1) is 36.7 Å². The van der Waals surface area contributed by atoms with Gasteiger partial charge < -0.3 is 83.0 Å². The molecule has 18 rings (SSSR count). The highest BCUT2D eigenvalue weighted by molar-refractivity contribution is 5.97. The number of carbonyl (C=O) groups excluding carboxylic acids is 3. The van der Waals surface area contributed by atoms with Crippen LogP contribution in [0.5, 0.6) is 23.8 Å². The molecule has 26 heteroatoms. The monoisotopic (exact) mass is 1620 g/mol. The first-order chi connectivity index (χ1) is 58.5. The summed E-state index contributed by atoms with van der Waals surface area (Å²) >= 11 is 0. The lowest BCUT2D eigenvalue weighted by molar-refractivity contribution is -0.128. The van der Waals surface area contributed by atoms with Crippen LogP contribution in [0, 0.1) is 0 Å². The number of aromatic nitrogens is 6. The number of likely N-dealkylation sites (N-methyl/N-ethyl adjacent to an activating group) is 4. The molecule has 9 aliphatic heterocycles. The number of hydrogen-bond acceptors (Lipinski definition) is 23. The Morgan fingerprint density at radius 2 is 0.833 bits per heavy atom. The van der Waals surface area contributed by atoms with E-state index in [1.807, 2.05) is 70.1 Å². The summed E-state index contributed by atoms with van der Waals surface area (Å²) in [5, 5.41) is 17.6. The van der Waals surface area contributed by atoms with E-state index in [1.54, 1.807) is 6.08 Å². The maximum Gasteiger partial charge on any atom is 0.318 e. The van der Waals surface area contributed by atoms with Crippen LogP contribution in [-0.4, -0.2) is 284 Å². The highest BCUT2D eigenvalue weighted by Crippen LogP contribution is 2.41. The van der Waals surface area contributed by atoms with Crippen molar-refractivity contribution in [1.29, 1.82) is 0 Å². The number of nitrogens with zero attached hydrogens (tertiary/aromatic N) is 19. The first kappa shape index (κ1) is 82.5. The maximum atomic E-state index is 12.8. The summed E-state index contributed by atoms with van der Waals surface area (Å²) in [4.78, 5) is 95.9. The first-order valence-corrected chi connectivity index (χ1v) is 43.3. The molecule has 630 valence electrons. The molecule has 6 saturated heterocycles. The van der Waals surface area contributed by atoms with Gasteiger partial charge in [-0.2, -0.15) is 29.9 Å². The van der Waals surface area contributed by atoms with Crippen molar-refractivity contribution in [1.82, 2.24) is 64.2 Å². The summed E-state index contributed by atoms with van der Waals surface area (Å²) in [5.41, 5.74) is 10.1. The maximum absolute atomic E-state index is 12.8. The number of piperazine rings is 3. The fourth-order valence-corrected chi connectivity index (χ4v) is 18.8. The van der Waals surface area contributed by atoms with Gasteiger partial charge in [-0.3, -0.25) is 14.4 Å². The molecule has 0 unspecified atom stereocenters. The molecule has 3 aromatic heterocycles. The van der Waals surface area contributed by atoms with E-state index >= 15 is 0 Å². The summed E-state index contributed by atoms with van der Waals surface area (Å²) in [5.74, 6) is 3.15. The second-order valence-electron chi connectivity index (χ2n) is 33.7. The number of anilines is 6. The number of hydrogen-bond donors (Lipinski definition) is 1. The lowest BCUT2D eigenvalue weighted by atomic mass is 10.0. The van der Waals surface area contributed by atoms with Gasteiger partial charge in [-0.05, 0) is 166 Å². The van der Waals surface area contributed by atoms with E-state index in [0.717, 1.165) is 167 Å². The number of benzene rings is 6. The van der Waals surface area contributed by atoms with Gasteiger partial charge in [0.1, 0.15) is 43.0 Å². The highest BCUT2D eigenvalue weighted by Gasteiger charge is 2.36. The summed E-state index contributed by atoms with van der Waals surface area (Å²) in [7, 11) is 10.4. The number of fused-ring (bicyclic) bond motifs is 6. The largest absolute Gasteiger partial charge is 0.508 e. The molecule has 0 radical (unpaired) electrons. The molecule has 6 fully saturated rings. The standard InChI is InChI=1S/C33H43N7O3.C31H38N6O2.C30H36N6O2/c1-36(2)13-7-11-31(42)38-16-18-39(19-17-38)32-28-12-15-40(30-21-26(41)20-24-8-4-5-10-27(24)30)22-29(28)34-33(35-32)43-23-25-9-6-14-37(25)3;1-4-29(38)37-18-17-36(19-22(37)2)30-26-14-16-35(28-13-7-10-23-9-5-6-12-25(23)28)20-27(26)32-31(33-30)39-21-24-11-8-15-34(24)3;1-3-28(37)34-16-18-35(19-17-34)29-25-13-15-36(27-12-6-9-22-8-4-5-11-24(22)27)20-26(25)31-30(32-29)38-21-23-10-7-14-33(23)2/h4-5,7-8,10-11,20-21,25,41H,6,9,12-19,22-23H2,1-3H3;4-7,9-10,12-13,22,24H,1,8,11,14-21H2,2-3H3;3-6,8-9,11-12,23H,1,7,10,13-21H2,2H3/b11-7+;;/t25-;22-,24+;23-/m010/s1. The van der Waals surface area contributed by atoms with Crippen molar-refractivity contribution in [2.75, 3.05) is 202 Å². The van der Waals surface area contributed by atoms with E-state index in [1.165, 1.54) is 75.5 Å². The van der Waals surface area contributed by atoms with Crippen LogP contribution in [-0.2, 0) is 53.3 Å². The van der Waals surface area contributed by atoms with Crippen LogP contribution < -0.4 is 43.6 Å². The van der Waals surface area contributed by atoms with Crippen LogP contribution in [0.25, 0.3) is 32.3 Å². The van der Waals surface area contributed by atoms with Crippen LogP contribution in [0.4, 0.5) is 34.5 Å². The number of amides is 3. The molecule has 0 spiro atoms. The Hall–Kier alpha value is -11.2. The Kier molecular flexibility index (Phi) is 25.9. The Morgan fingerprint density at radius 3 is 1.25 bits per heavy atom. The molecule has 3 amide bonds. The number of carbonyl (C=O) groups is 3. The van der Waals surface area contributed by atoms with Gasteiger partial charge in [-0.1, -0.05) is 116 Å². The number of ether oxygens (including phenoxy) is 3. The van der Waals surface area contributed by atoms with Crippen molar-refractivity contribution in [3.63, 3.8) is 0 Å². The minimum atomic E-state index is -0.0118. The molecule has 6 aromatic carbocycles. The fourth-order valence-electron chi connectivity index (χ4n) is 18.8. The van der Waals surface area contributed by atoms with E-state index in [0.29, 0.717) is 121 Å². The van der Waals surface area contributed by atoms with Crippen LogP contribution in [0.1, 0.15) is 79.2 Å². The van der Waals surface area contributed by atoms with E-state index in [4.69, 9.17) is 44.1 Å². The fraction of sp³-hybridized carbons (Fsp3) is 0.457. The van der Waals surface area contributed by atoms with Crippen LogP contribution in [0.2, 0.25) is 0 Å². The Morgan fingerprint density at radius 1 is 0.442 bits per heavy atom. The Labute approximate surface area is 705 Å². The smallest absolute Gasteiger partial charge is 0.318 e. The van der Waals surface area contributed by atoms with Crippen molar-refractivity contribution in [2.24, 2.45) is 0 Å². The van der Waals surface area contributed by atoms with Gasteiger partial charge in [-0.15, -0.1) is 0 Å². The van der Waals surface area contributed by atoms with Crippen molar-refractivity contribution in [3.8, 4) is 23.8 Å². The molecule has 0 saturated carbocycles. The second-order valence-corrected chi connectivity index (χ2v) is 33.7. The van der Waals surface area contributed by atoms with E-state index < -0.39 is 0 Å². The zero-order valence-corrected chi connectivity index (χ0v) is 70.8. The molecule has 0 bridgehead atoms. The molecule has 120 heavy (non-hydrogen) atoms. The topological polar surface area (TPSA) is 219 Å². The van der Waals surface area contributed by atoms with E-state index in [-0.39, 0.29) is 29.5 Å². The van der Waals surface area contributed by atoms with Gasteiger partial charge in [0.15, 0.2) is 0 Å². The average molecular weight is 1630 g/mol. The van der Waals surface area contributed by atoms with E-state index in [9.17, 15) is 19.5 Å². The predicted molar refractivity (Wildman–Crippen MR) is 476 cm³/mol. The number of rotatable bonds is 20. The molecule has 12 heterocycles. The van der Waals surface area contributed by atoms with Gasteiger partial charge in [-0.25, -0.2) is 0 Å². The lowest BCUT2D eigenvalue weighted by Gasteiger charge is -2.41. The molecule has 0 aliphatic carbocycles. The van der Waals surface area contributed by atoms with Gasteiger partial charge in [0, 0.05) is 184 Å². The third-order valence-corrected chi connectivity index (χ3v) is 25.7. The van der Waals surface area contributed by atoms with Crippen molar-refractivity contribution >= 4 is 84.6 Å². The SMILES string of the molecule is C=CC(=O)N1CCN(c2nc(OC[C@@H]3CCCN3C)nc3c2CCN(c2cccc4ccccc24)C3)CC1.C=CC(=O)N1CCN(c2nc(OC[C@@H]3CCCN3C)nc3c2CCN(c2cccc4ccccc24)C3)C[C@H]1C.CN(C)C/C=C/C(=O)N1CCN(c2nc(OC[C@@H]3CCCN3C)nc3c2CCN(c2cc(O)cc4ccccc24)C3)CC1. The Bertz CT molecular complexity index is 5190.